The molecule has 0 saturated heterocycles. The third-order valence-electron chi connectivity index (χ3n) is 2.15. The fourth-order valence-corrected chi connectivity index (χ4v) is 1.69. The summed E-state index contributed by atoms with van der Waals surface area (Å²) in [5.41, 5.74) is 6.88. The molecule has 1 aromatic carbocycles. The maximum absolute atomic E-state index is 13.5. The molecular formula is C12H10BrFN2O. The number of nitrogens with zero attached hydrogens (tertiary/aromatic N) is 1. The topological polar surface area (TPSA) is 48.1 Å². The van der Waals surface area contributed by atoms with Crippen LogP contribution in [0.25, 0.3) is 0 Å². The molecule has 0 amide bonds. The first kappa shape index (κ1) is 11.9. The van der Waals surface area contributed by atoms with Gasteiger partial charge in [-0.15, -0.1) is 0 Å². The summed E-state index contributed by atoms with van der Waals surface area (Å²) < 4.78 is 19.6. The largest absolute Gasteiger partial charge is 0.436 e. The Kier molecular flexibility index (Phi) is 3.28. The van der Waals surface area contributed by atoms with Crippen LogP contribution in [0.1, 0.15) is 5.56 Å². The molecule has 2 rings (SSSR count). The van der Waals surface area contributed by atoms with E-state index in [0.717, 1.165) is 10.0 Å². The van der Waals surface area contributed by atoms with E-state index in [9.17, 15) is 4.39 Å². The molecule has 0 unspecified atom stereocenters. The SMILES string of the molecule is Cc1cc(N)cnc1Oc1cc(Br)ccc1F. The number of hydrogen-bond donors (Lipinski definition) is 1. The van der Waals surface area contributed by atoms with Gasteiger partial charge in [-0.25, -0.2) is 9.37 Å². The number of ether oxygens (including phenoxy) is 1. The van der Waals surface area contributed by atoms with Crippen molar-refractivity contribution >= 4 is 21.6 Å². The van der Waals surface area contributed by atoms with E-state index in [1.807, 2.05) is 0 Å². The first-order chi connectivity index (χ1) is 8.06. The van der Waals surface area contributed by atoms with Crippen LogP contribution in [0.4, 0.5) is 10.1 Å². The van der Waals surface area contributed by atoms with Crippen molar-refractivity contribution < 1.29 is 9.13 Å². The second-order valence-corrected chi connectivity index (χ2v) is 4.48. The number of aromatic nitrogens is 1. The quantitative estimate of drug-likeness (QED) is 0.920. The van der Waals surface area contributed by atoms with Crippen LogP contribution >= 0.6 is 15.9 Å². The van der Waals surface area contributed by atoms with Gasteiger partial charge >= 0.3 is 0 Å². The van der Waals surface area contributed by atoms with E-state index in [-0.39, 0.29) is 5.75 Å². The van der Waals surface area contributed by atoms with Crippen molar-refractivity contribution in [3.63, 3.8) is 0 Å². The van der Waals surface area contributed by atoms with Crippen LogP contribution in [0.15, 0.2) is 34.9 Å². The van der Waals surface area contributed by atoms with E-state index >= 15 is 0 Å². The molecule has 17 heavy (non-hydrogen) atoms. The van der Waals surface area contributed by atoms with Crippen molar-refractivity contribution in [1.82, 2.24) is 4.98 Å². The second-order valence-electron chi connectivity index (χ2n) is 3.57. The molecule has 0 spiro atoms. The Labute approximate surface area is 107 Å². The summed E-state index contributed by atoms with van der Waals surface area (Å²) in [6, 6.07) is 6.20. The zero-order chi connectivity index (χ0) is 12.4. The molecule has 2 aromatic rings. The Morgan fingerprint density at radius 2 is 2.12 bits per heavy atom. The third-order valence-corrected chi connectivity index (χ3v) is 2.64. The van der Waals surface area contributed by atoms with Crippen molar-refractivity contribution in [2.75, 3.05) is 5.73 Å². The van der Waals surface area contributed by atoms with Crippen LogP contribution in [0.2, 0.25) is 0 Å². The molecule has 1 aromatic heterocycles. The van der Waals surface area contributed by atoms with E-state index in [1.54, 1.807) is 25.1 Å². The highest BCUT2D eigenvalue weighted by Crippen LogP contribution is 2.28. The minimum Gasteiger partial charge on any atom is -0.436 e. The molecule has 88 valence electrons. The van der Waals surface area contributed by atoms with Crippen LogP contribution in [-0.4, -0.2) is 4.98 Å². The Hall–Kier alpha value is -1.62. The Morgan fingerprint density at radius 3 is 2.82 bits per heavy atom. The monoisotopic (exact) mass is 296 g/mol. The predicted molar refractivity (Wildman–Crippen MR) is 67.6 cm³/mol. The number of rotatable bonds is 2. The highest BCUT2D eigenvalue weighted by Gasteiger charge is 2.08. The highest BCUT2D eigenvalue weighted by molar-refractivity contribution is 9.10. The number of benzene rings is 1. The molecule has 5 heteroatoms. The number of nitrogen functional groups attached to an aromatic ring is 1. The Morgan fingerprint density at radius 1 is 1.35 bits per heavy atom. The number of nitrogens with two attached hydrogens (primary N) is 1. The highest BCUT2D eigenvalue weighted by atomic mass is 79.9. The van der Waals surface area contributed by atoms with Crippen molar-refractivity contribution in [2.45, 2.75) is 6.92 Å². The zero-order valence-corrected chi connectivity index (χ0v) is 10.7. The number of pyridine rings is 1. The van der Waals surface area contributed by atoms with Crippen LogP contribution in [0, 0.1) is 12.7 Å². The molecule has 0 aliphatic carbocycles. The molecule has 0 fully saturated rings. The van der Waals surface area contributed by atoms with Gasteiger partial charge in [-0.3, -0.25) is 0 Å². The third kappa shape index (κ3) is 2.74. The molecule has 0 radical (unpaired) electrons. The number of halogens is 2. The van der Waals surface area contributed by atoms with Gasteiger partial charge in [-0.1, -0.05) is 15.9 Å². The molecular weight excluding hydrogens is 287 g/mol. The Bertz CT molecular complexity index is 560. The number of hydrogen-bond acceptors (Lipinski definition) is 3. The van der Waals surface area contributed by atoms with Crippen LogP contribution in [-0.2, 0) is 0 Å². The van der Waals surface area contributed by atoms with E-state index in [1.165, 1.54) is 12.3 Å². The van der Waals surface area contributed by atoms with Crippen molar-refractivity contribution in [1.29, 1.82) is 0 Å². The van der Waals surface area contributed by atoms with Gasteiger partial charge in [0, 0.05) is 10.0 Å². The van der Waals surface area contributed by atoms with E-state index in [0.29, 0.717) is 11.6 Å². The van der Waals surface area contributed by atoms with Gasteiger partial charge in [0.05, 0.1) is 11.9 Å². The average Bonchev–Trinajstić information content (AvgIpc) is 2.27. The lowest BCUT2D eigenvalue weighted by Crippen LogP contribution is -1.95. The van der Waals surface area contributed by atoms with Gasteiger partial charge in [0.2, 0.25) is 5.88 Å². The molecule has 3 nitrogen and oxygen atoms in total. The average molecular weight is 297 g/mol. The minimum absolute atomic E-state index is 0.125. The molecule has 0 aliphatic rings. The van der Waals surface area contributed by atoms with Crippen molar-refractivity contribution in [3.05, 3.63) is 46.3 Å². The maximum atomic E-state index is 13.5. The molecule has 1 heterocycles. The molecule has 2 N–H and O–H groups in total. The fraction of sp³-hybridized carbons (Fsp3) is 0.0833. The van der Waals surface area contributed by atoms with Gasteiger partial charge in [-0.05, 0) is 31.2 Å². The zero-order valence-electron chi connectivity index (χ0n) is 9.08. The van der Waals surface area contributed by atoms with E-state index < -0.39 is 5.82 Å². The van der Waals surface area contributed by atoms with Gasteiger partial charge in [0.25, 0.3) is 0 Å². The standard InChI is InChI=1S/C12H10BrFN2O/c1-7-4-9(15)6-16-12(7)17-11-5-8(13)2-3-10(11)14/h2-6H,15H2,1H3. The first-order valence-electron chi connectivity index (χ1n) is 4.91. The van der Waals surface area contributed by atoms with Crippen molar-refractivity contribution in [3.8, 4) is 11.6 Å². The van der Waals surface area contributed by atoms with Gasteiger partial charge in [-0.2, -0.15) is 0 Å². The van der Waals surface area contributed by atoms with Gasteiger partial charge < -0.3 is 10.5 Å². The molecule has 0 saturated carbocycles. The summed E-state index contributed by atoms with van der Waals surface area (Å²) in [5, 5.41) is 0. The molecule has 0 aliphatic heterocycles. The summed E-state index contributed by atoms with van der Waals surface area (Å²) in [6.45, 7) is 1.80. The normalized spacial score (nSPS) is 10.3. The lowest BCUT2D eigenvalue weighted by Gasteiger charge is -2.08. The second kappa shape index (κ2) is 4.71. The lowest BCUT2D eigenvalue weighted by molar-refractivity contribution is 0.424. The van der Waals surface area contributed by atoms with E-state index in [4.69, 9.17) is 10.5 Å². The summed E-state index contributed by atoms with van der Waals surface area (Å²) in [7, 11) is 0. The van der Waals surface area contributed by atoms with Gasteiger partial charge in [0.15, 0.2) is 11.6 Å². The summed E-state index contributed by atoms with van der Waals surface area (Å²) >= 11 is 3.25. The summed E-state index contributed by atoms with van der Waals surface area (Å²) in [5.74, 6) is 0.0298. The lowest BCUT2D eigenvalue weighted by atomic mass is 10.3. The van der Waals surface area contributed by atoms with Crippen molar-refractivity contribution in [2.24, 2.45) is 0 Å². The van der Waals surface area contributed by atoms with Crippen LogP contribution in [0.5, 0.6) is 11.6 Å². The van der Waals surface area contributed by atoms with E-state index in [2.05, 4.69) is 20.9 Å². The number of aryl methyl sites for hydroxylation is 1. The first-order valence-corrected chi connectivity index (χ1v) is 5.70. The summed E-state index contributed by atoms with van der Waals surface area (Å²) in [4.78, 5) is 4.01. The number of anilines is 1. The Balaban J connectivity index is 2.34. The smallest absolute Gasteiger partial charge is 0.222 e. The fourth-order valence-electron chi connectivity index (χ4n) is 1.35. The van der Waals surface area contributed by atoms with Crippen LogP contribution in [0.3, 0.4) is 0 Å². The maximum Gasteiger partial charge on any atom is 0.222 e. The minimum atomic E-state index is -0.439. The molecule has 0 atom stereocenters. The summed E-state index contributed by atoms with van der Waals surface area (Å²) in [6.07, 6.45) is 1.47. The van der Waals surface area contributed by atoms with Gasteiger partial charge in [0.1, 0.15) is 0 Å². The van der Waals surface area contributed by atoms with Crippen LogP contribution < -0.4 is 10.5 Å². The molecule has 0 bridgehead atoms. The predicted octanol–water partition coefficient (Wildman–Crippen LogP) is 3.67.